The van der Waals surface area contributed by atoms with Gasteiger partial charge in [0.25, 0.3) is 0 Å². The first-order chi connectivity index (χ1) is 9.54. The van der Waals surface area contributed by atoms with Gasteiger partial charge in [-0.25, -0.2) is 9.59 Å². The molecule has 0 aliphatic carbocycles. The molecular formula is C13H21N3O4. The Balaban J connectivity index is 2.34. The molecule has 0 radical (unpaired) electrons. The fourth-order valence-electron chi connectivity index (χ4n) is 1.65. The van der Waals surface area contributed by atoms with Crippen molar-refractivity contribution in [3.8, 4) is 0 Å². The van der Waals surface area contributed by atoms with Crippen molar-refractivity contribution >= 4 is 17.7 Å². The molecule has 0 unspecified atom stereocenters. The summed E-state index contributed by atoms with van der Waals surface area (Å²) in [4.78, 5) is 25.3. The molecule has 0 fully saturated rings. The van der Waals surface area contributed by atoms with Crippen molar-refractivity contribution in [3.05, 3.63) is 17.5 Å². The Bertz CT molecular complexity index is 456. The lowest BCUT2D eigenvalue weighted by Gasteiger charge is -2.07. The zero-order chi connectivity index (χ0) is 15.0. The van der Waals surface area contributed by atoms with Crippen LogP contribution in [0.4, 0.5) is 10.5 Å². The van der Waals surface area contributed by atoms with Crippen molar-refractivity contribution in [1.29, 1.82) is 0 Å². The molecule has 0 atom stereocenters. The third kappa shape index (κ3) is 5.31. The largest absolute Gasteiger partial charge is 0.477 e. The van der Waals surface area contributed by atoms with E-state index in [1.165, 1.54) is 0 Å². The summed E-state index contributed by atoms with van der Waals surface area (Å²) in [5.41, 5.74) is 0.907. The van der Waals surface area contributed by atoms with Gasteiger partial charge in [-0.15, -0.1) is 0 Å². The minimum atomic E-state index is -1.11. The number of aromatic nitrogens is 1. The lowest BCUT2D eigenvalue weighted by Crippen LogP contribution is -2.30. The summed E-state index contributed by atoms with van der Waals surface area (Å²) in [5, 5.41) is 14.1. The third-order valence-electron chi connectivity index (χ3n) is 2.51. The highest BCUT2D eigenvalue weighted by Gasteiger charge is 2.14. The van der Waals surface area contributed by atoms with E-state index in [1.54, 1.807) is 13.0 Å². The molecule has 1 aromatic heterocycles. The van der Waals surface area contributed by atoms with Gasteiger partial charge in [-0.2, -0.15) is 0 Å². The third-order valence-corrected chi connectivity index (χ3v) is 2.51. The molecule has 20 heavy (non-hydrogen) atoms. The molecule has 0 aliphatic heterocycles. The zero-order valence-electron chi connectivity index (χ0n) is 11.8. The van der Waals surface area contributed by atoms with Gasteiger partial charge in [0, 0.05) is 25.5 Å². The quantitative estimate of drug-likeness (QED) is 0.547. The Kier molecular flexibility index (Phi) is 6.58. The number of nitrogens with one attached hydrogen (secondary N) is 3. The highest BCUT2D eigenvalue weighted by atomic mass is 16.5. The van der Waals surface area contributed by atoms with Crippen molar-refractivity contribution in [1.82, 2.24) is 10.3 Å². The number of carboxylic acids is 1. The number of aromatic amines is 1. The van der Waals surface area contributed by atoms with Gasteiger partial charge in [0.05, 0.1) is 5.69 Å². The van der Waals surface area contributed by atoms with E-state index in [2.05, 4.69) is 15.6 Å². The molecule has 0 aromatic carbocycles. The molecule has 2 amide bonds. The summed E-state index contributed by atoms with van der Waals surface area (Å²) >= 11 is 0. The van der Waals surface area contributed by atoms with E-state index in [-0.39, 0.29) is 11.4 Å². The maximum atomic E-state index is 11.6. The second-order valence-corrected chi connectivity index (χ2v) is 4.39. The fourth-order valence-corrected chi connectivity index (χ4v) is 1.65. The highest BCUT2D eigenvalue weighted by Crippen LogP contribution is 2.16. The van der Waals surface area contributed by atoms with Crippen LogP contribution >= 0.6 is 0 Å². The molecular weight excluding hydrogens is 262 g/mol. The van der Waals surface area contributed by atoms with E-state index in [4.69, 9.17) is 9.84 Å². The van der Waals surface area contributed by atoms with Crippen molar-refractivity contribution in [3.63, 3.8) is 0 Å². The summed E-state index contributed by atoms with van der Waals surface area (Å²) < 4.78 is 5.28. The molecule has 1 rings (SSSR count). The van der Waals surface area contributed by atoms with Crippen LogP contribution in [0, 0.1) is 6.92 Å². The van der Waals surface area contributed by atoms with Crippen molar-refractivity contribution in [2.75, 3.05) is 25.1 Å². The molecule has 0 saturated carbocycles. The van der Waals surface area contributed by atoms with Gasteiger partial charge in [-0.1, -0.05) is 6.92 Å². The molecule has 112 valence electrons. The van der Waals surface area contributed by atoms with Gasteiger partial charge in [0.2, 0.25) is 0 Å². The summed E-state index contributed by atoms with van der Waals surface area (Å²) in [6.45, 7) is 5.54. The van der Waals surface area contributed by atoms with Crippen LogP contribution in [0.25, 0.3) is 0 Å². The second kappa shape index (κ2) is 8.21. The number of aromatic carboxylic acids is 1. The molecule has 7 heteroatoms. The molecule has 0 spiro atoms. The van der Waals surface area contributed by atoms with Crippen LogP contribution in [0.5, 0.6) is 0 Å². The first-order valence-corrected chi connectivity index (χ1v) is 6.60. The average Bonchev–Trinajstić information content (AvgIpc) is 2.74. The summed E-state index contributed by atoms with van der Waals surface area (Å²) in [6.07, 6.45) is 1.68. The smallest absolute Gasteiger partial charge is 0.354 e. The SMILES string of the molecule is CCCOCCCNC(=O)Nc1cc(C)[nH]c1C(=O)O. The van der Waals surface area contributed by atoms with Crippen LogP contribution in [0.2, 0.25) is 0 Å². The maximum Gasteiger partial charge on any atom is 0.354 e. The van der Waals surface area contributed by atoms with Crippen LogP contribution in [-0.4, -0.2) is 41.8 Å². The van der Waals surface area contributed by atoms with Crippen LogP contribution in [0.1, 0.15) is 35.9 Å². The number of amides is 2. The predicted octanol–water partition coefficient (Wildman–Crippen LogP) is 1.96. The van der Waals surface area contributed by atoms with E-state index < -0.39 is 12.0 Å². The van der Waals surface area contributed by atoms with Gasteiger partial charge in [-0.05, 0) is 25.8 Å². The number of aryl methyl sites for hydroxylation is 1. The predicted molar refractivity (Wildman–Crippen MR) is 75.2 cm³/mol. The van der Waals surface area contributed by atoms with E-state index in [0.717, 1.165) is 13.0 Å². The van der Waals surface area contributed by atoms with Crippen molar-refractivity contribution in [2.24, 2.45) is 0 Å². The minimum Gasteiger partial charge on any atom is -0.477 e. The minimum absolute atomic E-state index is 0.0241. The molecule has 0 bridgehead atoms. The fraction of sp³-hybridized carbons (Fsp3) is 0.538. The number of ether oxygens (including phenoxy) is 1. The lowest BCUT2D eigenvalue weighted by atomic mass is 10.3. The van der Waals surface area contributed by atoms with Gasteiger partial charge in [0.1, 0.15) is 5.69 Å². The standard InChI is InChI=1S/C13H21N3O4/c1-3-6-20-7-4-5-14-13(19)16-10-8-9(2)15-11(10)12(17)18/h8,15H,3-7H2,1-2H3,(H,17,18)(H2,14,16,19). The van der Waals surface area contributed by atoms with E-state index in [9.17, 15) is 9.59 Å². The number of carboxylic acid groups (broad SMARTS) is 1. The van der Waals surface area contributed by atoms with Crippen LogP contribution in [-0.2, 0) is 4.74 Å². The number of hydrogen-bond donors (Lipinski definition) is 4. The van der Waals surface area contributed by atoms with Gasteiger partial charge >= 0.3 is 12.0 Å². The molecule has 1 heterocycles. The molecule has 1 aromatic rings. The Labute approximate surface area is 117 Å². The van der Waals surface area contributed by atoms with E-state index in [0.29, 0.717) is 25.3 Å². The Morgan fingerprint density at radius 2 is 2.15 bits per heavy atom. The maximum absolute atomic E-state index is 11.6. The first-order valence-electron chi connectivity index (χ1n) is 6.60. The van der Waals surface area contributed by atoms with Gasteiger partial charge in [-0.3, -0.25) is 0 Å². The average molecular weight is 283 g/mol. The number of urea groups is 1. The Morgan fingerprint density at radius 1 is 1.40 bits per heavy atom. The number of carbonyl (C=O) groups is 2. The summed E-state index contributed by atoms with van der Waals surface area (Å²) in [5.74, 6) is -1.11. The number of anilines is 1. The number of hydrogen-bond acceptors (Lipinski definition) is 3. The Morgan fingerprint density at radius 3 is 2.80 bits per heavy atom. The summed E-state index contributed by atoms with van der Waals surface area (Å²) in [7, 11) is 0. The molecule has 7 nitrogen and oxygen atoms in total. The first kappa shape index (κ1) is 16.0. The normalized spacial score (nSPS) is 10.3. The second-order valence-electron chi connectivity index (χ2n) is 4.39. The van der Waals surface area contributed by atoms with Crippen LogP contribution in [0.3, 0.4) is 0 Å². The zero-order valence-corrected chi connectivity index (χ0v) is 11.8. The monoisotopic (exact) mass is 283 g/mol. The number of rotatable bonds is 8. The van der Waals surface area contributed by atoms with E-state index in [1.807, 2.05) is 6.92 Å². The van der Waals surface area contributed by atoms with Gasteiger partial charge in [0.15, 0.2) is 0 Å². The van der Waals surface area contributed by atoms with E-state index >= 15 is 0 Å². The Hall–Kier alpha value is -2.02. The van der Waals surface area contributed by atoms with Crippen molar-refractivity contribution < 1.29 is 19.4 Å². The van der Waals surface area contributed by atoms with Crippen molar-refractivity contribution in [2.45, 2.75) is 26.7 Å². The lowest BCUT2D eigenvalue weighted by molar-refractivity contribution is 0.0692. The van der Waals surface area contributed by atoms with Crippen LogP contribution in [0.15, 0.2) is 6.07 Å². The number of H-pyrrole nitrogens is 1. The highest BCUT2D eigenvalue weighted by molar-refractivity contribution is 5.99. The van der Waals surface area contributed by atoms with Gasteiger partial charge < -0.3 is 25.5 Å². The molecule has 4 N–H and O–H groups in total. The topological polar surface area (TPSA) is 103 Å². The molecule has 0 saturated heterocycles. The van der Waals surface area contributed by atoms with Crippen LogP contribution < -0.4 is 10.6 Å². The number of carbonyl (C=O) groups excluding carboxylic acids is 1. The summed E-state index contributed by atoms with van der Waals surface area (Å²) in [6, 6.07) is 1.15. The molecule has 0 aliphatic rings.